The lowest BCUT2D eigenvalue weighted by Crippen LogP contribution is -2.41. The molecular weight excluding hydrogens is 214 g/mol. The first kappa shape index (κ1) is 12.5. The van der Waals surface area contributed by atoms with Crippen LogP contribution in [0.15, 0.2) is 11.1 Å². The van der Waals surface area contributed by atoms with E-state index in [-0.39, 0.29) is 6.04 Å². The van der Waals surface area contributed by atoms with Gasteiger partial charge in [-0.2, -0.15) is 0 Å². The van der Waals surface area contributed by atoms with E-state index in [1.165, 1.54) is 5.54 Å². The van der Waals surface area contributed by atoms with Crippen LogP contribution >= 0.6 is 11.6 Å². The number of rotatable bonds is 3. The van der Waals surface area contributed by atoms with Gasteiger partial charge in [0.1, 0.15) is 6.04 Å². The molecule has 0 radical (unpaired) electrons. The van der Waals surface area contributed by atoms with Gasteiger partial charge in [-0.05, 0) is 31.9 Å². The monoisotopic (exact) mass is 231 g/mol. The number of hydrogen-bond donors (Lipinski definition) is 1. The fraction of sp³-hybridized carbons (Fsp3) is 0.727. The number of nitrogens with zero attached hydrogens (tertiary/aromatic N) is 1. The molecule has 0 aromatic heterocycles. The lowest BCUT2D eigenvalue weighted by molar-refractivity contribution is -0.143. The van der Waals surface area contributed by atoms with Crippen molar-refractivity contribution in [3.63, 3.8) is 0 Å². The largest absolute Gasteiger partial charge is 0.480 e. The highest BCUT2D eigenvalue weighted by molar-refractivity contribution is 6.25. The number of carbonyl (C=O) groups is 1. The molecule has 0 aliphatic carbocycles. The van der Waals surface area contributed by atoms with Crippen LogP contribution in [0.5, 0.6) is 0 Å². The Morgan fingerprint density at radius 2 is 2.27 bits per heavy atom. The van der Waals surface area contributed by atoms with Gasteiger partial charge in [0, 0.05) is 12.1 Å². The van der Waals surface area contributed by atoms with Crippen molar-refractivity contribution in [2.24, 2.45) is 0 Å². The van der Waals surface area contributed by atoms with Crippen LogP contribution in [0.4, 0.5) is 0 Å². The first-order chi connectivity index (χ1) is 7.15. The minimum absolute atomic E-state index is 0.334. The Kier molecular flexibility index (Phi) is 5.12. The van der Waals surface area contributed by atoms with Gasteiger partial charge in [-0.25, -0.2) is 0 Å². The fourth-order valence-electron chi connectivity index (χ4n) is 1.99. The molecule has 1 atom stereocenters. The smallest absolute Gasteiger partial charge is 0.320 e. The van der Waals surface area contributed by atoms with E-state index in [0.717, 1.165) is 37.8 Å². The summed E-state index contributed by atoms with van der Waals surface area (Å²) >= 11 is 5.60. The Morgan fingerprint density at radius 1 is 1.53 bits per heavy atom. The number of halogens is 1. The SMILES string of the molecule is CC(=CCl)CN1CCCCCC1C(=O)O. The highest BCUT2D eigenvalue weighted by atomic mass is 35.5. The van der Waals surface area contributed by atoms with E-state index in [1.807, 2.05) is 11.8 Å². The van der Waals surface area contributed by atoms with Crippen LogP contribution in [0.2, 0.25) is 0 Å². The molecule has 0 aromatic carbocycles. The molecule has 0 spiro atoms. The molecule has 86 valence electrons. The normalized spacial score (nSPS) is 24.9. The molecule has 15 heavy (non-hydrogen) atoms. The van der Waals surface area contributed by atoms with Crippen molar-refractivity contribution in [3.8, 4) is 0 Å². The maximum Gasteiger partial charge on any atom is 0.320 e. The van der Waals surface area contributed by atoms with E-state index in [1.54, 1.807) is 0 Å². The third-order valence-corrected chi connectivity index (χ3v) is 3.16. The molecule has 3 nitrogen and oxygen atoms in total. The van der Waals surface area contributed by atoms with Gasteiger partial charge in [0.15, 0.2) is 0 Å². The standard InChI is InChI=1S/C11H18ClNO2/c1-9(7-12)8-13-6-4-2-3-5-10(13)11(14)15/h7,10H,2-6,8H2,1H3,(H,14,15). The number of likely N-dealkylation sites (tertiary alicyclic amines) is 1. The zero-order valence-corrected chi connectivity index (χ0v) is 9.83. The van der Waals surface area contributed by atoms with E-state index in [0.29, 0.717) is 6.54 Å². The van der Waals surface area contributed by atoms with E-state index in [2.05, 4.69) is 0 Å². The minimum Gasteiger partial charge on any atom is -0.480 e. The topological polar surface area (TPSA) is 40.5 Å². The first-order valence-electron chi connectivity index (χ1n) is 5.38. The third kappa shape index (κ3) is 3.84. The van der Waals surface area contributed by atoms with Crippen LogP contribution in [0, 0.1) is 0 Å². The van der Waals surface area contributed by atoms with Crippen LogP contribution in [-0.2, 0) is 4.79 Å². The van der Waals surface area contributed by atoms with Crippen LogP contribution < -0.4 is 0 Å². The molecule has 1 fully saturated rings. The molecule has 4 heteroatoms. The Morgan fingerprint density at radius 3 is 2.87 bits per heavy atom. The number of carboxylic acids is 1. The second kappa shape index (κ2) is 6.13. The lowest BCUT2D eigenvalue weighted by Gasteiger charge is -2.26. The Labute approximate surface area is 95.7 Å². The van der Waals surface area contributed by atoms with Crippen LogP contribution in [0.1, 0.15) is 32.6 Å². The van der Waals surface area contributed by atoms with Crippen LogP contribution in [0.3, 0.4) is 0 Å². The van der Waals surface area contributed by atoms with Crippen molar-refractivity contribution in [3.05, 3.63) is 11.1 Å². The van der Waals surface area contributed by atoms with Gasteiger partial charge in [-0.15, -0.1) is 0 Å². The average molecular weight is 232 g/mol. The summed E-state index contributed by atoms with van der Waals surface area (Å²) in [5.74, 6) is -0.709. The maximum atomic E-state index is 11.1. The molecule has 1 saturated heterocycles. The summed E-state index contributed by atoms with van der Waals surface area (Å²) in [6.07, 6.45) is 3.98. The van der Waals surface area contributed by atoms with E-state index < -0.39 is 5.97 Å². The Balaban J connectivity index is 2.66. The van der Waals surface area contributed by atoms with Gasteiger partial charge >= 0.3 is 5.97 Å². The summed E-state index contributed by atoms with van der Waals surface area (Å²) in [7, 11) is 0. The molecule has 1 aliphatic heterocycles. The van der Waals surface area contributed by atoms with Crippen molar-refractivity contribution < 1.29 is 9.90 Å². The summed E-state index contributed by atoms with van der Waals surface area (Å²) in [6.45, 7) is 3.45. The van der Waals surface area contributed by atoms with Crippen molar-refractivity contribution >= 4 is 17.6 Å². The number of aliphatic carboxylic acids is 1. The molecule has 1 rings (SSSR count). The molecule has 0 amide bonds. The summed E-state index contributed by atoms with van der Waals surface area (Å²) < 4.78 is 0. The quantitative estimate of drug-likeness (QED) is 0.811. The molecule has 1 aliphatic rings. The van der Waals surface area contributed by atoms with E-state index in [9.17, 15) is 4.79 Å². The highest BCUT2D eigenvalue weighted by Crippen LogP contribution is 2.18. The summed E-state index contributed by atoms with van der Waals surface area (Å²) in [5.41, 5.74) is 2.55. The van der Waals surface area contributed by atoms with E-state index in [4.69, 9.17) is 16.7 Å². The van der Waals surface area contributed by atoms with Crippen LogP contribution in [-0.4, -0.2) is 35.1 Å². The molecule has 0 aromatic rings. The average Bonchev–Trinajstić information content (AvgIpc) is 2.43. The van der Waals surface area contributed by atoms with Crippen molar-refractivity contribution in [1.29, 1.82) is 0 Å². The van der Waals surface area contributed by atoms with Gasteiger partial charge in [0.2, 0.25) is 0 Å². The second-order valence-corrected chi connectivity index (χ2v) is 4.35. The molecule has 1 unspecified atom stereocenters. The van der Waals surface area contributed by atoms with Gasteiger partial charge in [-0.1, -0.05) is 24.4 Å². The summed E-state index contributed by atoms with van der Waals surface area (Å²) in [4.78, 5) is 13.1. The highest BCUT2D eigenvalue weighted by Gasteiger charge is 2.26. The predicted octanol–water partition coefficient (Wildman–Crippen LogP) is 2.46. The maximum absolute atomic E-state index is 11.1. The van der Waals surface area contributed by atoms with Gasteiger partial charge in [0.25, 0.3) is 0 Å². The summed E-state index contributed by atoms with van der Waals surface area (Å²) in [6, 6.07) is -0.334. The van der Waals surface area contributed by atoms with Crippen molar-refractivity contribution in [2.45, 2.75) is 38.6 Å². The summed E-state index contributed by atoms with van der Waals surface area (Å²) in [5, 5.41) is 9.13. The molecule has 1 N–H and O–H groups in total. The molecule has 1 heterocycles. The zero-order chi connectivity index (χ0) is 11.3. The zero-order valence-electron chi connectivity index (χ0n) is 9.08. The van der Waals surface area contributed by atoms with E-state index >= 15 is 0 Å². The van der Waals surface area contributed by atoms with Gasteiger partial charge in [-0.3, -0.25) is 9.69 Å². The van der Waals surface area contributed by atoms with Crippen LogP contribution in [0.25, 0.3) is 0 Å². The van der Waals surface area contributed by atoms with Crippen molar-refractivity contribution in [1.82, 2.24) is 4.90 Å². The molecule has 0 saturated carbocycles. The van der Waals surface area contributed by atoms with Crippen molar-refractivity contribution in [2.75, 3.05) is 13.1 Å². The lowest BCUT2D eigenvalue weighted by atomic mass is 10.1. The Bertz CT molecular complexity index is 253. The second-order valence-electron chi connectivity index (χ2n) is 4.13. The van der Waals surface area contributed by atoms with Gasteiger partial charge < -0.3 is 5.11 Å². The number of hydrogen-bond acceptors (Lipinski definition) is 2. The minimum atomic E-state index is -0.709. The molecule has 0 bridgehead atoms. The number of carboxylic acid groups (broad SMARTS) is 1. The fourth-order valence-corrected chi connectivity index (χ4v) is 2.06. The third-order valence-electron chi connectivity index (χ3n) is 2.79. The predicted molar refractivity (Wildman–Crippen MR) is 61.1 cm³/mol. The molecular formula is C11H18ClNO2. The first-order valence-corrected chi connectivity index (χ1v) is 5.81. The van der Waals surface area contributed by atoms with Gasteiger partial charge in [0.05, 0.1) is 0 Å². The Hall–Kier alpha value is -0.540.